The second kappa shape index (κ2) is 7.43. The molecule has 0 aliphatic carbocycles. The number of amides is 1. The van der Waals surface area contributed by atoms with Crippen LogP contribution in [0, 0.1) is 5.92 Å². The second-order valence-electron chi connectivity index (χ2n) is 6.50. The van der Waals surface area contributed by atoms with E-state index in [9.17, 15) is 26.4 Å². The number of carbonyl (C=O) groups is 1. The maximum Gasteiger partial charge on any atom is 0.401 e. The first kappa shape index (κ1) is 19.2. The van der Waals surface area contributed by atoms with Crippen molar-refractivity contribution in [3.8, 4) is 0 Å². The van der Waals surface area contributed by atoms with E-state index in [1.165, 1.54) is 4.90 Å². The number of hydrogen-bond donors (Lipinski definition) is 0. The van der Waals surface area contributed by atoms with Crippen molar-refractivity contribution in [2.45, 2.75) is 31.5 Å². The number of alkyl halides is 3. The zero-order chi connectivity index (χ0) is 18.0. The van der Waals surface area contributed by atoms with Crippen LogP contribution in [0.5, 0.6) is 0 Å². The standard InChI is InChI=1S/C15H23F3N2O3S/c1-2-6-20(13-5-9-24(22,23)10-13)14(21)12-3-7-19(8-4-12)11-15(16,17)18/h2,12-13H,1,3-11H2. The Hall–Kier alpha value is -1.09. The second-order valence-corrected chi connectivity index (χ2v) is 8.73. The van der Waals surface area contributed by atoms with Crippen LogP contribution < -0.4 is 0 Å². The lowest BCUT2D eigenvalue weighted by Gasteiger charge is -2.36. The summed E-state index contributed by atoms with van der Waals surface area (Å²) in [5.41, 5.74) is 0. The topological polar surface area (TPSA) is 57.7 Å². The van der Waals surface area contributed by atoms with Crippen molar-refractivity contribution in [2.24, 2.45) is 5.92 Å². The highest BCUT2D eigenvalue weighted by Gasteiger charge is 2.38. The fraction of sp³-hybridized carbons (Fsp3) is 0.800. The van der Waals surface area contributed by atoms with Gasteiger partial charge in [-0.05, 0) is 32.4 Å². The molecule has 2 aliphatic heterocycles. The van der Waals surface area contributed by atoms with Crippen molar-refractivity contribution in [3.63, 3.8) is 0 Å². The molecule has 138 valence electrons. The molecule has 0 aromatic heterocycles. The third-order valence-electron chi connectivity index (χ3n) is 4.60. The lowest BCUT2D eigenvalue weighted by Crippen LogP contribution is -2.48. The number of carbonyl (C=O) groups excluding carboxylic acids is 1. The van der Waals surface area contributed by atoms with E-state index in [1.54, 1.807) is 11.0 Å². The maximum absolute atomic E-state index is 12.7. The Balaban J connectivity index is 1.95. The summed E-state index contributed by atoms with van der Waals surface area (Å²) in [7, 11) is -3.11. The fourth-order valence-electron chi connectivity index (χ4n) is 3.41. The van der Waals surface area contributed by atoms with Gasteiger partial charge >= 0.3 is 6.18 Å². The minimum absolute atomic E-state index is 0.0422. The number of piperidine rings is 1. The molecule has 0 aromatic carbocycles. The third kappa shape index (κ3) is 5.20. The Morgan fingerprint density at radius 3 is 2.33 bits per heavy atom. The smallest absolute Gasteiger partial charge is 0.335 e. The van der Waals surface area contributed by atoms with Gasteiger partial charge in [0.05, 0.1) is 18.1 Å². The molecule has 0 aromatic rings. The van der Waals surface area contributed by atoms with Gasteiger partial charge in [0.1, 0.15) is 0 Å². The van der Waals surface area contributed by atoms with Crippen molar-refractivity contribution < 1.29 is 26.4 Å². The quantitative estimate of drug-likeness (QED) is 0.690. The normalized spacial score (nSPS) is 25.5. The zero-order valence-corrected chi connectivity index (χ0v) is 14.3. The monoisotopic (exact) mass is 368 g/mol. The van der Waals surface area contributed by atoms with Crippen LogP contribution in [0.2, 0.25) is 0 Å². The molecule has 2 aliphatic rings. The summed E-state index contributed by atoms with van der Waals surface area (Å²) in [6.45, 7) is 3.37. The molecule has 24 heavy (non-hydrogen) atoms. The van der Waals surface area contributed by atoms with Gasteiger partial charge in [0.15, 0.2) is 9.84 Å². The Kier molecular flexibility index (Phi) is 5.95. The van der Waals surface area contributed by atoms with Crippen LogP contribution in [-0.4, -0.2) is 74.0 Å². The molecule has 2 fully saturated rings. The minimum Gasteiger partial charge on any atom is -0.335 e. The largest absolute Gasteiger partial charge is 0.401 e. The van der Waals surface area contributed by atoms with Gasteiger partial charge in [0, 0.05) is 18.5 Å². The SMILES string of the molecule is C=CCN(C(=O)C1CCN(CC(F)(F)F)CC1)C1CCS(=O)(=O)C1. The van der Waals surface area contributed by atoms with Gasteiger partial charge in [-0.15, -0.1) is 6.58 Å². The van der Waals surface area contributed by atoms with Crippen LogP contribution in [0.15, 0.2) is 12.7 Å². The van der Waals surface area contributed by atoms with E-state index in [0.717, 1.165) is 0 Å². The summed E-state index contributed by atoms with van der Waals surface area (Å²) in [6, 6.07) is -0.353. The van der Waals surface area contributed by atoms with E-state index < -0.39 is 22.6 Å². The van der Waals surface area contributed by atoms with Crippen molar-refractivity contribution in [1.29, 1.82) is 0 Å². The molecule has 1 unspecified atom stereocenters. The molecule has 0 radical (unpaired) electrons. The number of nitrogens with zero attached hydrogens (tertiary/aromatic N) is 2. The van der Waals surface area contributed by atoms with Gasteiger partial charge in [0.25, 0.3) is 0 Å². The van der Waals surface area contributed by atoms with E-state index in [2.05, 4.69) is 6.58 Å². The Morgan fingerprint density at radius 2 is 1.88 bits per heavy atom. The summed E-state index contributed by atoms with van der Waals surface area (Å²) < 4.78 is 60.5. The molecule has 0 spiro atoms. The van der Waals surface area contributed by atoms with Gasteiger partial charge in [0.2, 0.25) is 5.91 Å². The van der Waals surface area contributed by atoms with E-state index >= 15 is 0 Å². The van der Waals surface area contributed by atoms with Crippen LogP contribution in [0.25, 0.3) is 0 Å². The molecular formula is C15H23F3N2O3S. The van der Waals surface area contributed by atoms with Crippen LogP contribution in [0.3, 0.4) is 0 Å². The third-order valence-corrected chi connectivity index (χ3v) is 6.35. The molecular weight excluding hydrogens is 345 g/mol. The fourth-order valence-corrected chi connectivity index (χ4v) is 5.14. The first-order valence-corrected chi connectivity index (χ1v) is 9.84. The highest BCUT2D eigenvalue weighted by Crippen LogP contribution is 2.26. The number of sulfone groups is 1. The van der Waals surface area contributed by atoms with Gasteiger partial charge < -0.3 is 4.90 Å². The zero-order valence-electron chi connectivity index (χ0n) is 13.5. The number of halogens is 3. The number of hydrogen-bond acceptors (Lipinski definition) is 4. The molecule has 0 bridgehead atoms. The predicted octanol–water partition coefficient (Wildman–Crippen LogP) is 1.46. The van der Waals surface area contributed by atoms with E-state index in [4.69, 9.17) is 0 Å². The highest BCUT2D eigenvalue weighted by atomic mass is 32.2. The van der Waals surface area contributed by atoms with Crippen LogP contribution >= 0.6 is 0 Å². The Labute approximate surface area is 140 Å². The van der Waals surface area contributed by atoms with Crippen molar-refractivity contribution in [2.75, 3.05) is 37.7 Å². The first-order chi connectivity index (χ1) is 11.1. The average Bonchev–Trinajstić information content (AvgIpc) is 2.83. The van der Waals surface area contributed by atoms with Gasteiger partial charge in [-0.25, -0.2) is 8.42 Å². The highest BCUT2D eigenvalue weighted by molar-refractivity contribution is 7.91. The van der Waals surface area contributed by atoms with Crippen molar-refractivity contribution in [3.05, 3.63) is 12.7 Å². The maximum atomic E-state index is 12.7. The molecule has 1 atom stereocenters. The van der Waals surface area contributed by atoms with Crippen LogP contribution in [-0.2, 0) is 14.6 Å². The molecule has 5 nitrogen and oxygen atoms in total. The average molecular weight is 368 g/mol. The van der Waals surface area contributed by atoms with E-state index in [1.807, 2.05) is 0 Å². The molecule has 0 N–H and O–H groups in total. The molecule has 0 saturated carbocycles. The summed E-state index contributed by atoms with van der Waals surface area (Å²) in [6.07, 6.45) is -1.54. The molecule has 1 amide bonds. The number of rotatable bonds is 5. The van der Waals surface area contributed by atoms with Gasteiger partial charge in [-0.3, -0.25) is 9.69 Å². The minimum atomic E-state index is -4.23. The molecule has 9 heteroatoms. The van der Waals surface area contributed by atoms with Gasteiger partial charge in [-0.2, -0.15) is 13.2 Å². The predicted molar refractivity (Wildman–Crippen MR) is 84.2 cm³/mol. The van der Waals surface area contributed by atoms with Crippen molar-refractivity contribution >= 4 is 15.7 Å². The Bertz CT molecular complexity index is 569. The van der Waals surface area contributed by atoms with Crippen LogP contribution in [0.1, 0.15) is 19.3 Å². The van der Waals surface area contributed by atoms with E-state index in [-0.39, 0.29) is 49.0 Å². The first-order valence-electron chi connectivity index (χ1n) is 8.02. The summed E-state index contributed by atoms with van der Waals surface area (Å²) in [4.78, 5) is 15.6. The summed E-state index contributed by atoms with van der Waals surface area (Å²) >= 11 is 0. The van der Waals surface area contributed by atoms with E-state index in [0.29, 0.717) is 19.3 Å². The van der Waals surface area contributed by atoms with Crippen LogP contribution in [0.4, 0.5) is 13.2 Å². The summed E-state index contributed by atoms with van der Waals surface area (Å²) in [5.74, 6) is -0.483. The van der Waals surface area contributed by atoms with Crippen molar-refractivity contribution in [1.82, 2.24) is 9.80 Å². The molecule has 2 rings (SSSR count). The lowest BCUT2D eigenvalue weighted by atomic mass is 9.94. The Morgan fingerprint density at radius 1 is 1.25 bits per heavy atom. The number of likely N-dealkylation sites (tertiary alicyclic amines) is 1. The lowest BCUT2D eigenvalue weighted by molar-refractivity contribution is -0.151. The molecule has 2 heterocycles. The summed E-state index contributed by atoms with van der Waals surface area (Å²) in [5, 5.41) is 0. The molecule has 2 saturated heterocycles. The van der Waals surface area contributed by atoms with Gasteiger partial charge in [-0.1, -0.05) is 6.08 Å².